The second kappa shape index (κ2) is 4.44. The summed E-state index contributed by atoms with van der Waals surface area (Å²) in [6.07, 6.45) is 4.71. The molecule has 16 heavy (non-hydrogen) atoms. The van der Waals surface area contributed by atoms with E-state index in [4.69, 9.17) is 0 Å². The van der Waals surface area contributed by atoms with Crippen molar-refractivity contribution in [2.75, 3.05) is 5.32 Å². The number of nitrogens with zero attached hydrogens (tertiary/aromatic N) is 3. The lowest BCUT2D eigenvalue weighted by molar-refractivity contribution is 0.101. The van der Waals surface area contributed by atoms with Crippen LogP contribution in [0, 0.1) is 0 Å². The Labute approximate surface area is 101 Å². The van der Waals surface area contributed by atoms with Gasteiger partial charge in [0, 0.05) is 17.7 Å². The van der Waals surface area contributed by atoms with Crippen LogP contribution in [-0.4, -0.2) is 20.4 Å². The number of carbonyl (C=O) groups is 1. The van der Waals surface area contributed by atoms with Gasteiger partial charge in [-0.1, -0.05) is 0 Å². The summed E-state index contributed by atoms with van der Waals surface area (Å²) < 4.78 is 2.51. The fourth-order valence-electron chi connectivity index (χ4n) is 1.21. The second-order valence-corrected chi connectivity index (χ2v) is 4.12. The molecule has 2 heterocycles. The predicted octanol–water partition coefficient (Wildman–Crippen LogP) is 1.83. The Hall–Kier alpha value is -1.69. The van der Waals surface area contributed by atoms with Crippen LogP contribution in [0.1, 0.15) is 10.5 Å². The molecule has 0 saturated heterocycles. The SMILES string of the molecule is Cn1cncc1C(=O)Nc1ccc(Br)cn1. The highest BCUT2D eigenvalue weighted by atomic mass is 79.9. The molecule has 2 rings (SSSR count). The summed E-state index contributed by atoms with van der Waals surface area (Å²) in [5, 5.41) is 2.68. The third-order valence-electron chi connectivity index (χ3n) is 2.02. The molecule has 0 aliphatic rings. The van der Waals surface area contributed by atoms with Crippen LogP contribution in [0.3, 0.4) is 0 Å². The number of imidazole rings is 1. The van der Waals surface area contributed by atoms with E-state index in [-0.39, 0.29) is 5.91 Å². The normalized spacial score (nSPS) is 10.1. The topological polar surface area (TPSA) is 59.8 Å². The van der Waals surface area contributed by atoms with E-state index in [1.54, 1.807) is 30.2 Å². The van der Waals surface area contributed by atoms with Crippen molar-refractivity contribution in [1.82, 2.24) is 14.5 Å². The van der Waals surface area contributed by atoms with Crippen LogP contribution in [0.2, 0.25) is 0 Å². The van der Waals surface area contributed by atoms with Gasteiger partial charge in [0.15, 0.2) is 0 Å². The molecule has 0 fully saturated rings. The molecular weight excluding hydrogens is 272 g/mol. The Morgan fingerprint density at radius 3 is 2.81 bits per heavy atom. The molecule has 2 aromatic heterocycles. The standard InChI is InChI=1S/C10H9BrN4O/c1-15-6-12-5-8(15)10(16)14-9-3-2-7(11)4-13-9/h2-6H,1H3,(H,13,14,16). The van der Waals surface area contributed by atoms with Crippen molar-refractivity contribution in [2.24, 2.45) is 7.05 Å². The molecule has 0 saturated carbocycles. The largest absolute Gasteiger partial charge is 0.330 e. The van der Waals surface area contributed by atoms with Gasteiger partial charge in [-0.2, -0.15) is 0 Å². The number of hydrogen-bond acceptors (Lipinski definition) is 3. The lowest BCUT2D eigenvalue weighted by Gasteiger charge is -2.04. The second-order valence-electron chi connectivity index (χ2n) is 3.21. The van der Waals surface area contributed by atoms with Crippen LogP contribution in [0.25, 0.3) is 0 Å². The summed E-state index contributed by atoms with van der Waals surface area (Å²) in [7, 11) is 1.76. The Kier molecular flexibility index (Phi) is 3.00. The summed E-state index contributed by atoms with van der Waals surface area (Å²) in [5.74, 6) is 0.282. The Morgan fingerprint density at radius 2 is 2.25 bits per heavy atom. The molecule has 1 N–H and O–H groups in total. The third-order valence-corrected chi connectivity index (χ3v) is 2.49. The molecule has 0 aliphatic carbocycles. The fourth-order valence-corrected chi connectivity index (χ4v) is 1.44. The number of anilines is 1. The molecule has 0 spiro atoms. The molecule has 82 valence electrons. The van der Waals surface area contributed by atoms with E-state index in [1.165, 1.54) is 6.20 Å². The van der Waals surface area contributed by atoms with E-state index < -0.39 is 0 Å². The number of aryl methyl sites for hydroxylation is 1. The van der Waals surface area contributed by atoms with E-state index in [1.807, 2.05) is 6.07 Å². The molecule has 0 bridgehead atoms. The van der Waals surface area contributed by atoms with Crippen LogP contribution in [0.5, 0.6) is 0 Å². The molecule has 0 aliphatic heterocycles. The number of halogens is 1. The maximum absolute atomic E-state index is 11.8. The number of carbonyl (C=O) groups excluding carboxylic acids is 1. The van der Waals surface area contributed by atoms with Gasteiger partial charge in [0.25, 0.3) is 5.91 Å². The van der Waals surface area contributed by atoms with Gasteiger partial charge in [-0.15, -0.1) is 0 Å². The van der Waals surface area contributed by atoms with E-state index in [9.17, 15) is 4.79 Å². The van der Waals surface area contributed by atoms with E-state index in [0.717, 1.165) is 4.47 Å². The minimum absolute atomic E-state index is 0.227. The zero-order chi connectivity index (χ0) is 11.5. The number of rotatable bonds is 2. The smallest absolute Gasteiger partial charge is 0.275 e. The maximum Gasteiger partial charge on any atom is 0.275 e. The van der Waals surface area contributed by atoms with E-state index in [2.05, 4.69) is 31.2 Å². The number of aromatic nitrogens is 3. The van der Waals surface area contributed by atoms with E-state index in [0.29, 0.717) is 11.5 Å². The van der Waals surface area contributed by atoms with Crippen molar-refractivity contribution in [3.63, 3.8) is 0 Å². The highest BCUT2D eigenvalue weighted by molar-refractivity contribution is 9.10. The first kappa shape index (κ1) is 10.8. The predicted molar refractivity (Wildman–Crippen MR) is 63.1 cm³/mol. The lowest BCUT2D eigenvalue weighted by Crippen LogP contribution is -2.15. The van der Waals surface area contributed by atoms with Gasteiger partial charge < -0.3 is 9.88 Å². The lowest BCUT2D eigenvalue weighted by atomic mass is 10.4. The monoisotopic (exact) mass is 280 g/mol. The van der Waals surface area contributed by atoms with Gasteiger partial charge in [0.1, 0.15) is 11.5 Å². The highest BCUT2D eigenvalue weighted by Gasteiger charge is 2.09. The van der Waals surface area contributed by atoms with Gasteiger partial charge in [0.2, 0.25) is 0 Å². The molecule has 2 aromatic rings. The molecule has 0 atom stereocenters. The van der Waals surface area contributed by atoms with Crippen molar-refractivity contribution in [2.45, 2.75) is 0 Å². The van der Waals surface area contributed by atoms with Crippen molar-refractivity contribution in [3.05, 3.63) is 41.0 Å². The van der Waals surface area contributed by atoms with E-state index >= 15 is 0 Å². The van der Waals surface area contributed by atoms with Gasteiger partial charge in [-0.25, -0.2) is 9.97 Å². The first-order valence-corrected chi connectivity index (χ1v) is 5.35. The van der Waals surface area contributed by atoms with Gasteiger partial charge in [-0.05, 0) is 28.1 Å². The minimum Gasteiger partial charge on any atom is -0.330 e. The van der Waals surface area contributed by atoms with Crippen LogP contribution < -0.4 is 5.32 Å². The minimum atomic E-state index is -0.227. The highest BCUT2D eigenvalue weighted by Crippen LogP contribution is 2.11. The zero-order valence-corrected chi connectivity index (χ0v) is 10.1. The van der Waals surface area contributed by atoms with Gasteiger partial charge >= 0.3 is 0 Å². The van der Waals surface area contributed by atoms with Gasteiger partial charge in [-0.3, -0.25) is 4.79 Å². The molecular formula is C10H9BrN4O. The molecule has 0 radical (unpaired) electrons. The third kappa shape index (κ3) is 2.27. The molecule has 5 nitrogen and oxygen atoms in total. The Morgan fingerprint density at radius 1 is 1.44 bits per heavy atom. The quantitative estimate of drug-likeness (QED) is 0.913. The summed E-state index contributed by atoms with van der Waals surface area (Å²) in [5.41, 5.74) is 0.490. The Balaban J connectivity index is 2.14. The number of amides is 1. The first-order valence-electron chi connectivity index (χ1n) is 4.56. The summed E-state index contributed by atoms with van der Waals surface area (Å²) in [4.78, 5) is 19.7. The molecule has 1 amide bonds. The Bertz CT molecular complexity index is 506. The molecule has 6 heteroatoms. The van der Waals surface area contributed by atoms with Crippen molar-refractivity contribution in [3.8, 4) is 0 Å². The van der Waals surface area contributed by atoms with Crippen LogP contribution in [0.4, 0.5) is 5.82 Å². The summed E-state index contributed by atoms with van der Waals surface area (Å²) in [6, 6.07) is 3.53. The van der Waals surface area contributed by atoms with Crippen LogP contribution in [0.15, 0.2) is 35.3 Å². The maximum atomic E-state index is 11.8. The average Bonchev–Trinajstić information content (AvgIpc) is 2.68. The van der Waals surface area contributed by atoms with Crippen molar-refractivity contribution >= 4 is 27.7 Å². The number of nitrogens with one attached hydrogen (secondary N) is 1. The summed E-state index contributed by atoms with van der Waals surface area (Å²) >= 11 is 3.27. The number of pyridine rings is 1. The molecule has 0 unspecified atom stereocenters. The van der Waals surface area contributed by atoms with Crippen molar-refractivity contribution < 1.29 is 4.79 Å². The number of hydrogen-bond donors (Lipinski definition) is 1. The average molecular weight is 281 g/mol. The fraction of sp³-hybridized carbons (Fsp3) is 0.100. The zero-order valence-electron chi connectivity index (χ0n) is 8.51. The molecule has 0 aromatic carbocycles. The summed E-state index contributed by atoms with van der Waals surface area (Å²) in [6.45, 7) is 0. The van der Waals surface area contributed by atoms with Crippen LogP contribution in [-0.2, 0) is 7.05 Å². The van der Waals surface area contributed by atoms with Crippen molar-refractivity contribution in [1.29, 1.82) is 0 Å². The van der Waals surface area contributed by atoms with Gasteiger partial charge in [0.05, 0.1) is 12.5 Å². The first-order chi connectivity index (χ1) is 7.66. The van der Waals surface area contributed by atoms with Crippen LogP contribution >= 0.6 is 15.9 Å².